The zero-order valence-electron chi connectivity index (χ0n) is 16.7. The number of benzene rings is 2. The van der Waals surface area contributed by atoms with Crippen molar-refractivity contribution in [2.75, 3.05) is 7.11 Å². The average molecular weight is 367 g/mol. The zero-order valence-corrected chi connectivity index (χ0v) is 16.7. The Bertz CT molecular complexity index is 1030. The summed E-state index contributed by atoms with van der Waals surface area (Å²) in [4.78, 5) is 0. The summed E-state index contributed by atoms with van der Waals surface area (Å²) < 4.78 is 5.44. The van der Waals surface area contributed by atoms with E-state index >= 15 is 0 Å². The lowest BCUT2D eigenvalue weighted by atomic mass is 9.57. The van der Waals surface area contributed by atoms with Crippen LogP contribution in [0.4, 0.5) is 0 Å². The molecule has 0 heterocycles. The highest BCUT2D eigenvalue weighted by Crippen LogP contribution is 2.58. The third-order valence-corrected chi connectivity index (χ3v) is 7.09. The second kappa shape index (κ2) is 6.71. The van der Waals surface area contributed by atoms with Crippen LogP contribution in [0, 0.1) is 23.2 Å². The Morgan fingerprint density at radius 3 is 2.64 bits per heavy atom. The molecule has 0 saturated heterocycles. The first-order chi connectivity index (χ1) is 13.7. The van der Waals surface area contributed by atoms with E-state index in [1.54, 1.807) is 18.2 Å². The van der Waals surface area contributed by atoms with Gasteiger partial charge in [-0.25, -0.2) is 0 Å². The number of hydrogen-bond donors (Lipinski definition) is 0. The quantitative estimate of drug-likeness (QED) is 0.558. The monoisotopic (exact) mass is 366 g/mol. The molecule has 2 unspecified atom stereocenters. The van der Waals surface area contributed by atoms with Gasteiger partial charge in [0.1, 0.15) is 5.75 Å². The number of rotatable bonds is 1. The number of ether oxygens (including phenoxy) is 1. The molecular weight excluding hydrogens is 340 g/mol. The molecule has 3 aliphatic rings. The Labute approximate surface area is 168 Å². The van der Waals surface area contributed by atoms with Crippen LogP contribution in [0.15, 0.2) is 71.8 Å². The molecule has 0 amide bonds. The van der Waals surface area contributed by atoms with Gasteiger partial charge >= 0.3 is 0 Å². The van der Waals surface area contributed by atoms with Crippen LogP contribution in [-0.2, 0) is 6.42 Å². The fraction of sp³-hybridized carbons (Fsp3) is 0.333. The van der Waals surface area contributed by atoms with Gasteiger partial charge in [-0.2, -0.15) is 0 Å². The molecule has 1 nitrogen and oxygen atoms in total. The Balaban J connectivity index is 1.43. The van der Waals surface area contributed by atoms with E-state index < -0.39 is 0 Å². The molecule has 0 spiro atoms. The Morgan fingerprint density at radius 2 is 1.82 bits per heavy atom. The number of allylic oxidation sites excluding steroid dienone is 4. The highest BCUT2D eigenvalue weighted by molar-refractivity contribution is 5.55. The van der Waals surface area contributed by atoms with Crippen molar-refractivity contribution < 1.29 is 4.74 Å². The van der Waals surface area contributed by atoms with Crippen molar-refractivity contribution in [3.8, 4) is 17.6 Å². The Morgan fingerprint density at radius 1 is 0.964 bits per heavy atom. The average Bonchev–Trinajstić information content (AvgIpc) is 3.08. The van der Waals surface area contributed by atoms with Crippen molar-refractivity contribution in [3.63, 3.8) is 0 Å². The molecule has 3 atom stereocenters. The summed E-state index contributed by atoms with van der Waals surface area (Å²) in [5.41, 5.74) is 7.15. The molecule has 1 fully saturated rings. The molecule has 0 N–H and O–H groups in total. The molecule has 140 valence electrons. The molecule has 0 aromatic heterocycles. The van der Waals surface area contributed by atoms with E-state index in [-0.39, 0.29) is 5.41 Å². The van der Waals surface area contributed by atoms with Crippen molar-refractivity contribution in [2.45, 2.75) is 38.5 Å². The van der Waals surface area contributed by atoms with Crippen LogP contribution in [0.5, 0.6) is 5.75 Å². The van der Waals surface area contributed by atoms with Crippen LogP contribution < -0.4 is 4.74 Å². The first kappa shape index (κ1) is 17.4. The lowest BCUT2D eigenvalue weighted by Gasteiger charge is -2.46. The summed E-state index contributed by atoms with van der Waals surface area (Å²) in [6.45, 7) is 2.41. The van der Waals surface area contributed by atoms with Gasteiger partial charge in [0.25, 0.3) is 0 Å². The molecular formula is C27H26O. The first-order valence-electron chi connectivity index (χ1n) is 10.4. The normalized spacial score (nSPS) is 27.4. The number of hydrogen-bond acceptors (Lipinski definition) is 1. The maximum Gasteiger partial charge on any atom is 0.119 e. The first-order valence-corrected chi connectivity index (χ1v) is 10.4. The fourth-order valence-corrected chi connectivity index (χ4v) is 5.54. The molecule has 1 heteroatoms. The fourth-order valence-electron chi connectivity index (χ4n) is 5.54. The van der Waals surface area contributed by atoms with Crippen LogP contribution >= 0.6 is 0 Å². The van der Waals surface area contributed by atoms with E-state index in [1.165, 1.54) is 30.4 Å². The highest BCUT2D eigenvalue weighted by Gasteiger charge is 2.47. The summed E-state index contributed by atoms with van der Waals surface area (Å²) in [6.07, 6.45) is 9.48. The topological polar surface area (TPSA) is 9.23 Å². The van der Waals surface area contributed by atoms with Crippen molar-refractivity contribution in [3.05, 3.63) is 88.5 Å². The zero-order chi connectivity index (χ0) is 19.1. The van der Waals surface area contributed by atoms with Gasteiger partial charge in [0, 0.05) is 16.6 Å². The molecule has 2 aromatic carbocycles. The predicted molar refractivity (Wildman–Crippen MR) is 114 cm³/mol. The van der Waals surface area contributed by atoms with E-state index in [0.717, 1.165) is 17.7 Å². The minimum Gasteiger partial charge on any atom is -0.497 e. The lowest BCUT2D eigenvalue weighted by Crippen LogP contribution is -2.35. The van der Waals surface area contributed by atoms with Crippen LogP contribution in [-0.4, -0.2) is 7.11 Å². The summed E-state index contributed by atoms with van der Waals surface area (Å²) >= 11 is 0. The van der Waals surface area contributed by atoms with Crippen molar-refractivity contribution >= 4 is 0 Å². The predicted octanol–water partition coefficient (Wildman–Crippen LogP) is 6.06. The summed E-state index contributed by atoms with van der Waals surface area (Å²) in [5, 5.41) is 0. The highest BCUT2D eigenvalue weighted by atomic mass is 16.5. The van der Waals surface area contributed by atoms with Gasteiger partial charge < -0.3 is 4.74 Å². The third-order valence-electron chi connectivity index (χ3n) is 7.09. The second-order valence-corrected chi connectivity index (χ2v) is 8.51. The molecule has 1 saturated carbocycles. The van der Waals surface area contributed by atoms with E-state index in [0.29, 0.717) is 11.8 Å². The third kappa shape index (κ3) is 2.71. The summed E-state index contributed by atoms with van der Waals surface area (Å²) in [5.74, 6) is 9.16. The van der Waals surface area contributed by atoms with Crippen LogP contribution in [0.1, 0.15) is 48.8 Å². The van der Waals surface area contributed by atoms with E-state index in [1.807, 2.05) is 6.07 Å². The van der Waals surface area contributed by atoms with E-state index in [4.69, 9.17) is 4.74 Å². The minimum absolute atomic E-state index is 0.118. The van der Waals surface area contributed by atoms with Gasteiger partial charge in [0.15, 0.2) is 0 Å². The summed E-state index contributed by atoms with van der Waals surface area (Å²) in [7, 11) is 1.76. The smallest absolute Gasteiger partial charge is 0.119 e. The van der Waals surface area contributed by atoms with Crippen LogP contribution in [0.3, 0.4) is 0 Å². The Kier molecular flexibility index (Phi) is 4.17. The summed E-state index contributed by atoms with van der Waals surface area (Å²) in [6, 6.07) is 17.0. The van der Waals surface area contributed by atoms with Gasteiger partial charge in [-0.3, -0.25) is 0 Å². The van der Waals surface area contributed by atoms with E-state index in [2.05, 4.69) is 73.4 Å². The van der Waals surface area contributed by atoms with Gasteiger partial charge in [-0.15, -0.1) is 0 Å². The maximum absolute atomic E-state index is 5.44. The maximum atomic E-state index is 5.44. The molecule has 0 bridgehead atoms. The van der Waals surface area contributed by atoms with Gasteiger partial charge in [-0.05, 0) is 79.0 Å². The van der Waals surface area contributed by atoms with E-state index in [9.17, 15) is 0 Å². The SMILES string of the molecule is COc1ccc2c(c1)CCC1C3=CC=C(C#Cc4ccccc4)[C@@]3(C)CCC21. The molecule has 2 aromatic rings. The molecule has 0 radical (unpaired) electrons. The largest absolute Gasteiger partial charge is 0.497 e. The van der Waals surface area contributed by atoms with Crippen molar-refractivity contribution in [1.82, 2.24) is 0 Å². The Hall–Kier alpha value is -2.72. The molecule has 0 aliphatic heterocycles. The second-order valence-electron chi connectivity index (χ2n) is 8.51. The standard InChI is InChI=1S/C27H26O/c1-27-17-16-24-23-14-12-22(28-2)18-20(23)9-13-25(24)26(27)15-11-21(27)10-8-19-6-4-3-5-7-19/h3-7,11-12,14-15,18,24-25H,9,13,16-17H2,1-2H3/t24?,25?,27-/m1/s1. The number of aryl methyl sites for hydroxylation is 1. The lowest BCUT2D eigenvalue weighted by molar-refractivity contribution is 0.254. The van der Waals surface area contributed by atoms with Crippen LogP contribution in [0.25, 0.3) is 0 Å². The van der Waals surface area contributed by atoms with Crippen molar-refractivity contribution in [1.29, 1.82) is 0 Å². The van der Waals surface area contributed by atoms with Gasteiger partial charge in [0.2, 0.25) is 0 Å². The molecule has 5 rings (SSSR count). The number of methoxy groups -OCH3 is 1. The van der Waals surface area contributed by atoms with Crippen molar-refractivity contribution in [2.24, 2.45) is 11.3 Å². The number of fused-ring (bicyclic) bond motifs is 5. The molecule has 28 heavy (non-hydrogen) atoms. The molecule has 3 aliphatic carbocycles. The van der Waals surface area contributed by atoms with Crippen LogP contribution in [0.2, 0.25) is 0 Å². The van der Waals surface area contributed by atoms with Gasteiger partial charge in [-0.1, -0.05) is 54.7 Å². The van der Waals surface area contributed by atoms with Gasteiger partial charge in [0.05, 0.1) is 7.11 Å². The minimum atomic E-state index is 0.118.